The number of ether oxygens (including phenoxy) is 1. The molecule has 0 fully saturated rings. The molecule has 1 aromatic heterocycles. The largest absolute Gasteiger partial charge is 0.371 e. The molecule has 0 saturated carbocycles. The van der Waals surface area contributed by atoms with Gasteiger partial charge in [-0.15, -0.1) is 0 Å². The Kier molecular flexibility index (Phi) is 6.15. The van der Waals surface area contributed by atoms with Gasteiger partial charge in [0.05, 0.1) is 4.47 Å². The van der Waals surface area contributed by atoms with Crippen LogP contribution in [0.5, 0.6) is 0 Å². The molecule has 0 amide bonds. The van der Waals surface area contributed by atoms with E-state index in [0.29, 0.717) is 11.2 Å². The molecule has 1 unspecified atom stereocenters. The summed E-state index contributed by atoms with van der Waals surface area (Å²) in [5.41, 5.74) is 1.05. The van der Waals surface area contributed by atoms with Gasteiger partial charge < -0.3 is 9.72 Å². The van der Waals surface area contributed by atoms with Gasteiger partial charge in [0, 0.05) is 17.7 Å². The summed E-state index contributed by atoms with van der Waals surface area (Å²) in [6.07, 6.45) is 1.98. The lowest BCUT2D eigenvalue weighted by atomic mass is 9.92. The summed E-state index contributed by atoms with van der Waals surface area (Å²) in [7, 11) is 0. The molecule has 0 saturated heterocycles. The molecule has 0 aliphatic rings. The van der Waals surface area contributed by atoms with Gasteiger partial charge in [-0.3, -0.25) is 0 Å². The van der Waals surface area contributed by atoms with E-state index < -0.39 is 0 Å². The third kappa shape index (κ3) is 4.36. The van der Waals surface area contributed by atoms with Crippen LogP contribution < -0.4 is 0 Å². The fourth-order valence-corrected chi connectivity index (χ4v) is 2.89. The number of H-pyrrole nitrogens is 1. The fraction of sp³-hybridized carbons (Fsp3) is 0.714. The smallest absolute Gasteiger partial charge is 0.144 e. The van der Waals surface area contributed by atoms with Crippen molar-refractivity contribution in [3.8, 4) is 0 Å². The number of nitrogens with one attached hydrogen (secondary N) is 1. The van der Waals surface area contributed by atoms with Crippen LogP contribution in [0.3, 0.4) is 0 Å². The second kappa shape index (κ2) is 6.95. The van der Waals surface area contributed by atoms with E-state index in [1.165, 1.54) is 0 Å². The van der Waals surface area contributed by atoms with E-state index in [2.05, 4.69) is 53.6 Å². The molecule has 3 nitrogen and oxygen atoms in total. The number of aromatic amines is 1. The first-order valence-electron chi connectivity index (χ1n) is 6.73. The first-order valence-corrected chi connectivity index (χ1v) is 7.93. The highest BCUT2D eigenvalue weighted by Gasteiger charge is 2.22. The Bertz CT molecular complexity index is 473. The van der Waals surface area contributed by atoms with Crippen LogP contribution in [-0.4, -0.2) is 16.6 Å². The summed E-state index contributed by atoms with van der Waals surface area (Å²) in [5, 5.41) is 0. The summed E-state index contributed by atoms with van der Waals surface area (Å²) < 4.78 is 7.25. The van der Waals surface area contributed by atoms with E-state index in [0.717, 1.165) is 28.8 Å². The number of hydrogen-bond acceptors (Lipinski definition) is 3. The fourth-order valence-electron chi connectivity index (χ4n) is 1.91. The molecule has 19 heavy (non-hydrogen) atoms. The lowest BCUT2D eigenvalue weighted by Gasteiger charge is -2.23. The molecule has 1 heterocycles. The Morgan fingerprint density at radius 3 is 2.47 bits per heavy atom. The zero-order valence-electron chi connectivity index (χ0n) is 12.3. The highest BCUT2D eigenvalue weighted by Crippen LogP contribution is 2.30. The van der Waals surface area contributed by atoms with Crippen LogP contribution in [0.4, 0.5) is 0 Å². The van der Waals surface area contributed by atoms with Gasteiger partial charge in [-0.2, -0.15) is 0 Å². The van der Waals surface area contributed by atoms with Crippen molar-refractivity contribution < 1.29 is 4.74 Å². The van der Waals surface area contributed by atoms with Crippen LogP contribution in [0.15, 0.2) is 4.47 Å². The quantitative estimate of drug-likeness (QED) is 0.755. The molecule has 0 radical (unpaired) electrons. The van der Waals surface area contributed by atoms with E-state index in [-0.39, 0.29) is 11.5 Å². The average molecular weight is 347 g/mol. The molecular formula is C14H23BrN2OS. The molecule has 0 spiro atoms. The highest BCUT2D eigenvalue weighted by atomic mass is 79.9. The molecule has 0 bridgehead atoms. The lowest BCUT2D eigenvalue weighted by Crippen LogP contribution is -2.19. The molecule has 1 N–H and O–H groups in total. The average Bonchev–Trinajstić information content (AvgIpc) is 2.30. The molecule has 1 rings (SSSR count). The first kappa shape index (κ1) is 16.8. The van der Waals surface area contributed by atoms with Crippen molar-refractivity contribution >= 4 is 28.1 Å². The van der Waals surface area contributed by atoms with Crippen LogP contribution >= 0.6 is 28.1 Å². The van der Waals surface area contributed by atoms with Gasteiger partial charge in [0.1, 0.15) is 16.6 Å². The minimum Gasteiger partial charge on any atom is -0.371 e. The molecule has 1 atom stereocenters. The standard InChI is InChI=1S/C14H23BrN2OS/c1-6-8-9(18-7-2)12-16-11(14(3,4)5)10(15)13(19)17-12/h9H,6-8H2,1-5H3,(H,16,17,19). The van der Waals surface area contributed by atoms with Crippen molar-refractivity contribution in [2.45, 2.75) is 59.0 Å². The van der Waals surface area contributed by atoms with Gasteiger partial charge in [0.2, 0.25) is 0 Å². The van der Waals surface area contributed by atoms with Crippen LogP contribution in [0.2, 0.25) is 0 Å². The number of hydrogen-bond donors (Lipinski definition) is 1. The molecule has 108 valence electrons. The summed E-state index contributed by atoms with van der Waals surface area (Å²) in [4.78, 5) is 7.89. The minimum atomic E-state index is -0.0208. The molecule has 1 aromatic rings. The second-order valence-electron chi connectivity index (χ2n) is 5.60. The van der Waals surface area contributed by atoms with E-state index in [1.54, 1.807) is 0 Å². The van der Waals surface area contributed by atoms with Crippen LogP contribution in [-0.2, 0) is 10.2 Å². The maximum absolute atomic E-state index is 5.78. The number of halogens is 1. The summed E-state index contributed by atoms with van der Waals surface area (Å²) in [6.45, 7) is 11.3. The summed E-state index contributed by atoms with van der Waals surface area (Å²) >= 11 is 8.89. The van der Waals surface area contributed by atoms with Crippen molar-refractivity contribution in [2.75, 3.05) is 6.61 Å². The first-order chi connectivity index (χ1) is 8.81. The number of aromatic nitrogens is 2. The van der Waals surface area contributed by atoms with Gasteiger partial charge in [0.15, 0.2) is 0 Å². The predicted octanol–water partition coefficient (Wildman–Crippen LogP) is 5.08. The zero-order valence-corrected chi connectivity index (χ0v) is 14.7. The maximum atomic E-state index is 5.78. The van der Waals surface area contributed by atoms with Gasteiger partial charge in [-0.1, -0.05) is 46.3 Å². The Labute approximate surface area is 129 Å². The monoisotopic (exact) mass is 346 g/mol. The third-order valence-electron chi connectivity index (χ3n) is 2.86. The normalized spacial score (nSPS) is 13.6. The molecule has 0 aliphatic heterocycles. The van der Waals surface area contributed by atoms with Crippen LogP contribution in [0, 0.1) is 4.64 Å². The van der Waals surface area contributed by atoms with Gasteiger partial charge in [-0.05, 0) is 29.3 Å². The molecule has 0 aromatic carbocycles. The molecular weight excluding hydrogens is 324 g/mol. The summed E-state index contributed by atoms with van der Waals surface area (Å²) in [6, 6.07) is 0. The van der Waals surface area contributed by atoms with Gasteiger partial charge in [-0.25, -0.2) is 4.98 Å². The predicted molar refractivity (Wildman–Crippen MR) is 85.1 cm³/mol. The van der Waals surface area contributed by atoms with Crippen molar-refractivity contribution in [2.24, 2.45) is 0 Å². The maximum Gasteiger partial charge on any atom is 0.144 e. The molecule has 5 heteroatoms. The van der Waals surface area contributed by atoms with Gasteiger partial charge >= 0.3 is 0 Å². The van der Waals surface area contributed by atoms with Crippen LogP contribution in [0.1, 0.15) is 65.1 Å². The minimum absolute atomic E-state index is 0.00843. The van der Waals surface area contributed by atoms with E-state index in [4.69, 9.17) is 17.0 Å². The Hall–Kier alpha value is -0.260. The van der Waals surface area contributed by atoms with Crippen molar-refractivity contribution in [3.63, 3.8) is 0 Å². The van der Waals surface area contributed by atoms with Crippen molar-refractivity contribution in [3.05, 3.63) is 20.6 Å². The number of nitrogens with zero attached hydrogens (tertiary/aromatic N) is 1. The highest BCUT2D eigenvalue weighted by molar-refractivity contribution is 9.10. The van der Waals surface area contributed by atoms with Crippen molar-refractivity contribution in [1.29, 1.82) is 0 Å². The van der Waals surface area contributed by atoms with Crippen molar-refractivity contribution in [1.82, 2.24) is 9.97 Å². The third-order valence-corrected chi connectivity index (χ3v) is 4.19. The van der Waals surface area contributed by atoms with Gasteiger partial charge in [0.25, 0.3) is 0 Å². The Morgan fingerprint density at radius 2 is 2.00 bits per heavy atom. The Balaban J connectivity index is 3.29. The number of rotatable bonds is 5. The Morgan fingerprint density at radius 1 is 1.37 bits per heavy atom. The van der Waals surface area contributed by atoms with E-state index >= 15 is 0 Å². The summed E-state index contributed by atoms with van der Waals surface area (Å²) in [5.74, 6) is 0.835. The van der Waals surface area contributed by atoms with E-state index in [1.807, 2.05) is 6.92 Å². The zero-order chi connectivity index (χ0) is 14.6. The lowest BCUT2D eigenvalue weighted by molar-refractivity contribution is 0.0489. The second-order valence-corrected chi connectivity index (χ2v) is 6.78. The SMILES string of the molecule is CCCC(OCC)c1nc(=S)c(Br)c(C(C)(C)C)[nH]1. The van der Waals surface area contributed by atoms with Crippen LogP contribution in [0.25, 0.3) is 0 Å². The molecule has 0 aliphatic carbocycles. The van der Waals surface area contributed by atoms with E-state index in [9.17, 15) is 0 Å². The topological polar surface area (TPSA) is 37.9 Å².